The van der Waals surface area contributed by atoms with Crippen LogP contribution in [0.15, 0.2) is 30.3 Å². The fraction of sp³-hybridized carbons (Fsp3) is 0.600. The quantitative estimate of drug-likeness (QED) is 0.486. The number of halogens is 9. The molecule has 0 aromatic heterocycles. The molecule has 24 heavy (non-hydrogen) atoms. The van der Waals surface area contributed by atoms with Gasteiger partial charge in [0.1, 0.15) is 0 Å². The molecule has 0 atom stereocenters. The van der Waals surface area contributed by atoms with Crippen molar-refractivity contribution in [2.45, 2.75) is 51.6 Å². The lowest BCUT2D eigenvalue weighted by molar-refractivity contribution is -0.327. The van der Waals surface area contributed by atoms with E-state index in [1.807, 2.05) is 0 Å². The highest BCUT2D eigenvalue weighted by molar-refractivity contribution is 5.25. The maximum atomic E-state index is 12.5. The lowest BCUT2D eigenvalue weighted by atomic mass is 9.84. The second-order valence-corrected chi connectivity index (χ2v) is 6.11. The maximum absolute atomic E-state index is 12.5. The summed E-state index contributed by atoms with van der Waals surface area (Å²) in [7, 11) is 0. The molecule has 0 radical (unpaired) electrons. The molecule has 0 N–H and O–H groups in total. The molecule has 0 saturated carbocycles. The summed E-state index contributed by atoms with van der Waals surface area (Å²) in [6.45, 7) is 2.57. The first-order chi connectivity index (χ1) is 10.4. The summed E-state index contributed by atoms with van der Waals surface area (Å²) >= 11 is 0. The first-order valence-electron chi connectivity index (χ1n) is 6.61. The fourth-order valence-electron chi connectivity index (χ4n) is 1.18. The Hall–Kier alpha value is -1.41. The number of benzene rings is 1. The molecule has 0 aliphatic heterocycles. The van der Waals surface area contributed by atoms with Gasteiger partial charge in [0.25, 0.3) is 0 Å². The summed E-state index contributed by atoms with van der Waals surface area (Å²) in [5, 5.41) is 0. The van der Waals surface area contributed by atoms with E-state index in [9.17, 15) is 39.5 Å². The van der Waals surface area contributed by atoms with E-state index in [1.54, 1.807) is 18.2 Å². The Kier molecular flexibility index (Phi) is 6.43. The highest BCUT2D eigenvalue weighted by Crippen LogP contribution is 2.49. The second-order valence-electron chi connectivity index (χ2n) is 6.11. The number of hydrogen-bond donors (Lipinski definition) is 0. The molecule has 9 heteroatoms. The second kappa shape index (κ2) is 6.84. The molecule has 0 saturated heterocycles. The molecule has 0 fully saturated rings. The smallest absolute Gasteiger partial charge is 0.170 e. The number of rotatable bonds is 1. The van der Waals surface area contributed by atoms with Crippen molar-refractivity contribution in [2.75, 3.05) is 0 Å². The Morgan fingerprint density at radius 2 is 0.875 bits per heavy atom. The van der Waals surface area contributed by atoms with Crippen LogP contribution < -0.4 is 0 Å². The van der Waals surface area contributed by atoms with E-state index < -0.39 is 29.4 Å². The zero-order valence-electron chi connectivity index (χ0n) is 13.3. The summed E-state index contributed by atoms with van der Waals surface area (Å²) in [5.41, 5.74) is -5.10. The van der Waals surface area contributed by atoms with Crippen LogP contribution in [-0.4, -0.2) is 18.5 Å². The Morgan fingerprint density at radius 1 is 0.542 bits per heavy atom. The predicted molar refractivity (Wildman–Crippen MR) is 71.4 cm³/mol. The third kappa shape index (κ3) is 5.04. The fourth-order valence-corrected chi connectivity index (χ4v) is 1.18. The molecule has 0 aliphatic carbocycles. The summed E-state index contributed by atoms with van der Waals surface area (Å²) in [5.74, 6) is 0. The van der Waals surface area contributed by atoms with Gasteiger partial charge in [-0.2, -0.15) is 39.5 Å². The minimum Gasteiger partial charge on any atom is -0.170 e. The van der Waals surface area contributed by atoms with Gasteiger partial charge in [-0.25, -0.2) is 0 Å². The lowest BCUT2D eigenvalue weighted by Crippen LogP contribution is -2.44. The van der Waals surface area contributed by atoms with Crippen molar-refractivity contribution in [3.05, 3.63) is 35.9 Å². The van der Waals surface area contributed by atoms with Gasteiger partial charge in [-0.3, -0.25) is 0 Å². The van der Waals surface area contributed by atoms with Gasteiger partial charge in [-0.05, 0) is 33.3 Å². The normalized spacial score (nSPS) is 14.0. The minimum absolute atomic E-state index is 0.104. The third-order valence-electron chi connectivity index (χ3n) is 3.62. The van der Waals surface area contributed by atoms with E-state index in [4.69, 9.17) is 0 Å². The average molecular weight is 368 g/mol. The monoisotopic (exact) mass is 368 g/mol. The zero-order valence-corrected chi connectivity index (χ0v) is 13.3. The van der Waals surface area contributed by atoms with E-state index in [0.717, 1.165) is 0 Å². The van der Waals surface area contributed by atoms with Crippen LogP contribution in [0.5, 0.6) is 0 Å². The van der Waals surface area contributed by atoms with Gasteiger partial charge in [0.2, 0.25) is 0 Å². The first-order valence-corrected chi connectivity index (χ1v) is 6.61. The molecule has 1 aromatic carbocycles. The van der Waals surface area contributed by atoms with Gasteiger partial charge in [-0.1, -0.05) is 30.3 Å². The van der Waals surface area contributed by atoms with Crippen LogP contribution in [-0.2, 0) is 5.41 Å². The van der Waals surface area contributed by atoms with Crippen molar-refractivity contribution in [2.24, 2.45) is 5.41 Å². The van der Waals surface area contributed by atoms with Crippen LogP contribution in [0.1, 0.15) is 33.3 Å². The van der Waals surface area contributed by atoms with Crippen molar-refractivity contribution in [1.82, 2.24) is 0 Å². The first kappa shape index (κ1) is 22.6. The molecule has 1 aromatic rings. The lowest BCUT2D eigenvalue weighted by Gasteiger charge is -2.29. The van der Waals surface area contributed by atoms with Gasteiger partial charge in [-0.15, -0.1) is 0 Å². The number of hydrogen-bond acceptors (Lipinski definition) is 0. The van der Waals surface area contributed by atoms with E-state index in [1.165, 1.54) is 26.0 Å². The van der Waals surface area contributed by atoms with Crippen LogP contribution >= 0.6 is 0 Å². The van der Waals surface area contributed by atoms with Crippen molar-refractivity contribution >= 4 is 0 Å². The van der Waals surface area contributed by atoms with Gasteiger partial charge >= 0.3 is 18.5 Å². The van der Waals surface area contributed by atoms with Gasteiger partial charge in [0, 0.05) is 0 Å². The standard InChI is InChI=1S/C10H11F3.C5H6F6/c1-9(2,10(11,12)13)8-6-4-3-5-7-8;1-3(2,4(6,7)8)5(9,10)11/h3-7H,1-2H3;1-2H3. The predicted octanol–water partition coefficient (Wildman–Crippen LogP) is 6.66. The van der Waals surface area contributed by atoms with Crippen LogP contribution in [0.25, 0.3) is 0 Å². The minimum atomic E-state index is -5.24. The molecule has 0 spiro atoms. The van der Waals surface area contributed by atoms with Gasteiger partial charge in [0.15, 0.2) is 5.41 Å². The van der Waals surface area contributed by atoms with Crippen molar-refractivity contribution < 1.29 is 39.5 Å². The van der Waals surface area contributed by atoms with E-state index in [-0.39, 0.29) is 13.8 Å². The zero-order chi connectivity index (χ0) is 19.6. The van der Waals surface area contributed by atoms with Crippen LogP contribution in [0, 0.1) is 5.41 Å². The summed E-state index contributed by atoms with van der Waals surface area (Å²) in [4.78, 5) is 0. The van der Waals surface area contributed by atoms with Crippen LogP contribution in [0.3, 0.4) is 0 Å². The highest BCUT2D eigenvalue weighted by Gasteiger charge is 2.64. The van der Waals surface area contributed by atoms with Gasteiger partial charge < -0.3 is 0 Å². The average Bonchev–Trinajstić information content (AvgIpc) is 2.36. The van der Waals surface area contributed by atoms with E-state index >= 15 is 0 Å². The summed E-state index contributed by atoms with van der Waals surface area (Å²) in [6.07, 6.45) is -14.7. The molecular formula is C15H17F9. The molecule has 0 nitrogen and oxygen atoms in total. The Balaban J connectivity index is 0.000000449. The SMILES string of the molecule is CC(C)(C(F)(F)F)C(F)(F)F.CC(C)(c1ccccc1)C(F)(F)F. The van der Waals surface area contributed by atoms with Crippen LogP contribution in [0.4, 0.5) is 39.5 Å². The van der Waals surface area contributed by atoms with Crippen molar-refractivity contribution in [1.29, 1.82) is 0 Å². The molecule has 0 heterocycles. The Labute approximate surface area is 133 Å². The molecule has 140 valence electrons. The van der Waals surface area contributed by atoms with E-state index in [2.05, 4.69) is 0 Å². The Morgan fingerprint density at radius 3 is 1.08 bits per heavy atom. The molecule has 0 bridgehead atoms. The van der Waals surface area contributed by atoms with Gasteiger partial charge in [0.05, 0.1) is 5.41 Å². The van der Waals surface area contributed by atoms with Crippen molar-refractivity contribution in [3.8, 4) is 0 Å². The van der Waals surface area contributed by atoms with Crippen molar-refractivity contribution in [3.63, 3.8) is 0 Å². The molecule has 0 amide bonds. The maximum Gasteiger partial charge on any atom is 0.402 e. The molecular weight excluding hydrogens is 351 g/mol. The molecule has 0 aliphatic rings. The van der Waals surface area contributed by atoms with E-state index in [0.29, 0.717) is 5.56 Å². The van der Waals surface area contributed by atoms with Crippen LogP contribution in [0.2, 0.25) is 0 Å². The largest absolute Gasteiger partial charge is 0.402 e. The Bertz CT molecular complexity index is 488. The summed E-state index contributed by atoms with van der Waals surface area (Å²) in [6, 6.07) is 7.92. The third-order valence-corrected chi connectivity index (χ3v) is 3.62. The number of alkyl halides is 9. The topological polar surface area (TPSA) is 0 Å². The molecule has 1 rings (SSSR count). The molecule has 0 unspecified atom stereocenters. The highest BCUT2D eigenvalue weighted by atomic mass is 19.4. The summed E-state index contributed by atoms with van der Waals surface area (Å²) < 4.78 is 107.